The molecule has 1 aliphatic heterocycles. The van der Waals surface area contributed by atoms with Crippen LogP contribution in [0.1, 0.15) is 10.4 Å². The van der Waals surface area contributed by atoms with E-state index < -0.39 is 0 Å². The van der Waals surface area contributed by atoms with Gasteiger partial charge in [0.25, 0.3) is 5.91 Å². The van der Waals surface area contributed by atoms with Gasteiger partial charge in [0.15, 0.2) is 0 Å². The predicted octanol–water partition coefficient (Wildman–Crippen LogP) is -1.70. The molecule has 92 valence electrons. The summed E-state index contributed by atoms with van der Waals surface area (Å²) in [6.07, 6.45) is 0. The van der Waals surface area contributed by atoms with E-state index in [4.69, 9.17) is 12.6 Å². The highest BCUT2D eigenvalue weighted by Crippen LogP contribution is 2.05. The molecule has 5 nitrogen and oxygen atoms in total. The average molecular weight is 237 g/mol. The van der Waals surface area contributed by atoms with E-state index in [-0.39, 0.29) is 16.9 Å². The van der Waals surface area contributed by atoms with Gasteiger partial charge in [0, 0.05) is 18.7 Å². The lowest BCUT2D eigenvalue weighted by Gasteiger charge is -2.26. The summed E-state index contributed by atoms with van der Waals surface area (Å²) in [5.74, 6) is 0.0330. The van der Waals surface area contributed by atoms with Crippen molar-refractivity contribution in [3.05, 3.63) is 29.8 Å². The fourth-order valence-corrected chi connectivity index (χ4v) is 1.62. The minimum Gasteiger partial charge on any atom is -0.412 e. The molecule has 2 radical (unpaired) electrons. The van der Waals surface area contributed by atoms with Gasteiger partial charge in [-0.1, -0.05) is 23.7 Å². The Labute approximate surface area is 101 Å². The molecule has 1 aromatic carbocycles. The smallest absolute Gasteiger partial charge is 0.253 e. The predicted molar refractivity (Wildman–Crippen MR) is 65.8 cm³/mol. The molecule has 0 saturated carbocycles. The first kappa shape index (κ1) is 15.6. The first-order valence-corrected chi connectivity index (χ1v) is 5.00. The van der Waals surface area contributed by atoms with Crippen LogP contribution in [0.3, 0.4) is 0 Å². The zero-order chi connectivity index (χ0) is 10.7. The van der Waals surface area contributed by atoms with Gasteiger partial charge in [-0.3, -0.25) is 4.79 Å². The first-order chi connectivity index (χ1) is 7.27. The van der Waals surface area contributed by atoms with Crippen molar-refractivity contribution in [2.45, 2.75) is 0 Å². The number of benzene rings is 1. The second kappa shape index (κ2) is 7.06. The normalized spacial score (nSPS) is 14.5. The molecule has 1 saturated heterocycles. The average Bonchev–Trinajstić information content (AvgIpc) is 2.29. The molecule has 17 heavy (non-hydrogen) atoms. The molecule has 2 rings (SSSR count). The van der Waals surface area contributed by atoms with Crippen molar-refractivity contribution in [3.8, 4) is 0 Å². The van der Waals surface area contributed by atoms with Gasteiger partial charge in [0.1, 0.15) is 7.85 Å². The number of nitrogens with zero attached hydrogens (tertiary/aromatic N) is 1. The van der Waals surface area contributed by atoms with Crippen LogP contribution in [0.5, 0.6) is 0 Å². The van der Waals surface area contributed by atoms with Gasteiger partial charge < -0.3 is 20.6 Å². The SMILES string of the molecule is O.O.[B]c1cccc(C(=O)N2CCOCC2)c1. The van der Waals surface area contributed by atoms with Gasteiger partial charge in [-0.05, 0) is 6.07 Å². The molecule has 0 unspecified atom stereocenters. The zero-order valence-corrected chi connectivity index (χ0v) is 9.48. The quantitative estimate of drug-likeness (QED) is 0.544. The van der Waals surface area contributed by atoms with Crippen molar-refractivity contribution >= 4 is 19.2 Å². The molecule has 0 spiro atoms. The van der Waals surface area contributed by atoms with Crippen molar-refractivity contribution in [2.24, 2.45) is 0 Å². The van der Waals surface area contributed by atoms with E-state index in [1.165, 1.54) is 0 Å². The van der Waals surface area contributed by atoms with Crippen molar-refractivity contribution in [2.75, 3.05) is 26.3 Å². The van der Waals surface area contributed by atoms with Crippen LogP contribution in [-0.2, 0) is 4.74 Å². The van der Waals surface area contributed by atoms with Crippen LogP contribution in [0, 0.1) is 0 Å². The van der Waals surface area contributed by atoms with E-state index in [0.717, 1.165) is 0 Å². The Morgan fingerprint density at radius 3 is 2.47 bits per heavy atom. The molecule has 1 heterocycles. The number of hydrogen-bond donors (Lipinski definition) is 0. The summed E-state index contributed by atoms with van der Waals surface area (Å²) in [6, 6.07) is 7.06. The lowest BCUT2D eigenvalue weighted by Crippen LogP contribution is -2.40. The number of carbonyl (C=O) groups excluding carboxylic acids is 1. The Bertz CT molecular complexity index is 366. The third kappa shape index (κ3) is 3.85. The van der Waals surface area contributed by atoms with Crippen molar-refractivity contribution in [3.63, 3.8) is 0 Å². The van der Waals surface area contributed by atoms with Crippen LogP contribution in [-0.4, -0.2) is 55.9 Å². The van der Waals surface area contributed by atoms with E-state index >= 15 is 0 Å². The van der Waals surface area contributed by atoms with E-state index in [1.807, 2.05) is 0 Å². The molecule has 1 fully saturated rings. The standard InChI is InChI=1S/C11H12BNO2.2H2O/c12-10-3-1-2-9(8-10)11(14)13-4-6-15-7-5-13;;/h1-3,8H,4-7H2;2*1H2. The molecule has 0 aromatic heterocycles. The third-order valence-electron chi connectivity index (χ3n) is 2.43. The Hall–Kier alpha value is -1.37. The summed E-state index contributed by atoms with van der Waals surface area (Å²) >= 11 is 0. The molecule has 0 aliphatic carbocycles. The van der Waals surface area contributed by atoms with Crippen molar-refractivity contribution in [1.82, 2.24) is 4.90 Å². The maximum Gasteiger partial charge on any atom is 0.253 e. The van der Waals surface area contributed by atoms with Crippen molar-refractivity contribution in [1.29, 1.82) is 0 Å². The van der Waals surface area contributed by atoms with Crippen LogP contribution < -0.4 is 5.46 Å². The molecule has 4 N–H and O–H groups in total. The van der Waals surface area contributed by atoms with E-state index in [2.05, 4.69) is 0 Å². The van der Waals surface area contributed by atoms with Gasteiger partial charge in [0.2, 0.25) is 0 Å². The van der Waals surface area contributed by atoms with Crippen LogP contribution in [0.25, 0.3) is 0 Å². The van der Waals surface area contributed by atoms with Gasteiger partial charge in [-0.2, -0.15) is 0 Å². The lowest BCUT2D eigenvalue weighted by atomic mass is 9.94. The molecule has 1 aromatic rings. The summed E-state index contributed by atoms with van der Waals surface area (Å²) in [5, 5.41) is 0. The Balaban J connectivity index is 0.00000128. The fraction of sp³-hybridized carbons (Fsp3) is 0.364. The largest absolute Gasteiger partial charge is 0.412 e. The third-order valence-corrected chi connectivity index (χ3v) is 2.43. The molecule has 6 heteroatoms. The first-order valence-electron chi connectivity index (χ1n) is 5.00. The summed E-state index contributed by atoms with van der Waals surface area (Å²) in [6.45, 7) is 2.56. The number of amides is 1. The summed E-state index contributed by atoms with van der Waals surface area (Å²) in [7, 11) is 5.63. The van der Waals surface area contributed by atoms with Crippen LogP contribution in [0.2, 0.25) is 0 Å². The fourth-order valence-electron chi connectivity index (χ4n) is 1.62. The lowest BCUT2D eigenvalue weighted by molar-refractivity contribution is 0.0303. The topological polar surface area (TPSA) is 92.5 Å². The molecule has 0 bridgehead atoms. The molecular formula is C11H16BNO4. The number of ether oxygens (including phenoxy) is 1. The second-order valence-corrected chi connectivity index (χ2v) is 3.53. The van der Waals surface area contributed by atoms with Crippen LogP contribution in [0.4, 0.5) is 0 Å². The summed E-state index contributed by atoms with van der Waals surface area (Å²) in [4.78, 5) is 13.8. The van der Waals surface area contributed by atoms with E-state index in [1.54, 1.807) is 29.2 Å². The maximum absolute atomic E-state index is 12.0. The summed E-state index contributed by atoms with van der Waals surface area (Å²) < 4.78 is 5.19. The minimum atomic E-state index is 0. The zero-order valence-electron chi connectivity index (χ0n) is 9.48. The van der Waals surface area contributed by atoms with Gasteiger partial charge in [-0.25, -0.2) is 0 Å². The number of carbonyl (C=O) groups is 1. The number of hydrogen-bond acceptors (Lipinski definition) is 2. The number of rotatable bonds is 1. The highest BCUT2D eigenvalue weighted by atomic mass is 16.5. The Morgan fingerprint density at radius 1 is 1.24 bits per heavy atom. The summed E-state index contributed by atoms with van der Waals surface area (Å²) in [5.41, 5.74) is 1.27. The van der Waals surface area contributed by atoms with E-state index in [0.29, 0.717) is 37.3 Å². The maximum atomic E-state index is 12.0. The van der Waals surface area contributed by atoms with E-state index in [9.17, 15) is 4.79 Å². The monoisotopic (exact) mass is 237 g/mol. The highest BCUT2D eigenvalue weighted by Gasteiger charge is 2.17. The highest BCUT2D eigenvalue weighted by molar-refractivity contribution is 6.32. The van der Waals surface area contributed by atoms with Gasteiger partial charge in [-0.15, -0.1) is 0 Å². The van der Waals surface area contributed by atoms with Gasteiger partial charge in [0.05, 0.1) is 13.2 Å². The number of morpholine rings is 1. The molecule has 1 aliphatic rings. The molecular weight excluding hydrogens is 221 g/mol. The second-order valence-electron chi connectivity index (χ2n) is 3.53. The minimum absolute atomic E-state index is 0. The Kier molecular flexibility index (Phi) is 6.49. The molecule has 0 atom stereocenters. The van der Waals surface area contributed by atoms with Crippen LogP contribution >= 0.6 is 0 Å². The van der Waals surface area contributed by atoms with Crippen molar-refractivity contribution < 1.29 is 20.5 Å². The Morgan fingerprint density at radius 2 is 1.88 bits per heavy atom. The molecule has 1 amide bonds. The van der Waals surface area contributed by atoms with Gasteiger partial charge >= 0.3 is 0 Å². The van der Waals surface area contributed by atoms with Crippen LogP contribution in [0.15, 0.2) is 24.3 Å².